The van der Waals surface area contributed by atoms with E-state index in [1.165, 1.54) is 30.3 Å². The maximum atomic E-state index is 12.5. The van der Waals surface area contributed by atoms with Crippen LogP contribution < -0.4 is 16.0 Å². The minimum Gasteiger partial charge on any atom is -0.480 e. The molecule has 2 rings (SSSR count). The molecular formula is C19H16Cl2F3N3O4. The van der Waals surface area contributed by atoms with Crippen LogP contribution in [0.15, 0.2) is 42.5 Å². The van der Waals surface area contributed by atoms with Crippen LogP contribution in [0.2, 0.25) is 10.0 Å². The molecule has 4 N–H and O–H groups in total. The predicted molar refractivity (Wildman–Crippen MR) is 107 cm³/mol. The fourth-order valence-electron chi connectivity index (χ4n) is 2.40. The first-order valence-electron chi connectivity index (χ1n) is 8.64. The number of nitrogens with one attached hydrogen (secondary N) is 3. The lowest BCUT2D eigenvalue weighted by Gasteiger charge is -2.17. The van der Waals surface area contributed by atoms with Gasteiger partial charge in [0, 0.05) is 6.54 Å². The Labute approximate surface area is 184 Å². The summed E-state index contributed by atoms with van der Waals surface area (Å²) in [6, 6.07) is 6.23. The summed E-state index contributed by atoms with van der Waals surface area (Å²) in [5.41, 5.74) is -0.525. The van der Waals surface area contributed by atoms with Gasteiger partial charge in [-0.1, -0.05) is 41.4 Å². The van der Waals surface area contributed by atoms with Crippen molar-refractivity contribution in [1.82, 2.24) is 16.0 Å². The third kappa shape index (κ3) is 7.04. The van der Waals surface area contributed by atoms with Gasteiger partial charge in [0.2, 0.25) is 0 Å². The highest BCUT2D eigenvalue weighted by molar-refractivity contribution is 6.39. The van der Waals surface area contributed by atoms with Crippen LogP contribution in [0.4, 0.5) is 18.0 Å². The van der Waals surface area contributed by atoms with Crippen LogP contribution in [0.1, 0.15) is 21.5 Å². The second-order valence-corrected chi connectivity index (χ2v) is 7.03. The molecule has 0 aliphatic carbocycles. The van der Waals surface area contributed by atoms with E-state index in [-0.39, 0.29) is 22.2 Å². The van der Waals surface area contributed by atoms with Gasteiger partial charge in [0.15, 0.2) is 0 Å². The van der Waals surface area contributed by atoms with E-state index in [1.54, 1.807) is 0 Å². The van der Waals surface area contributed by atoms with Crippen molar-refractivity contribution >= 4 is 41.1 Å². The summed E-state index contributed by atoms with van der Waals surface area (Å²) in [5.74, 6) is -2.26. The molecule has 0 aromatic heterocycles. The number of benzene rings is 2. The molecule has 0 heterocycles. The highest BCUT2D eigenvalue weighted by Crippen LogP contribution is 2.29. The fourth-order valence-corrected chi connectivity index (χ4v) is 2.97. The van der Waals surface area contributed by atoms with Gasteiger partial charge < -0.3 is 21.1 Å². The zero-order valence-corrected chi connectivity index (χ0v) is 17.1. The minimum absolute atomic E-state index is 0.0244. The number of hydrogen-bond acceptors (Lipinski definition) is 3. The van der Waals surface area contributed by atoms with E-state index in [2.05, 4.69) is 16.0 Å². The average Bonchev–Trinajstić information content (AvgIpc) is 2.68. The first-order chi connectivity index (χ1) is 14.5. The highest BCUT2D eigenvalue weighted by atomic mass is 35.5. The molecule has 31 heavy (non-hydrogen) atoms. The van der Waals surface area contributed by atoms with Gasteiger partial charge in [-0.2, -0.15) is 13.2 Å². The fraction of sp³-hybridized carbons (Fsp3) is 0.211. The maximum absolute atomic E-state index is 12.5. The molecule has 2 aromatic rings. The summed E-state index contributed by atoms with van der Waals surface area (Å²) < 4.78 is 37.6. The monoisotopic (exact) mass is 477 g/mol. The lowest BCUT2D eigenvalue weighted by atomic mass is 10.1. The Bertz CT molecular complexity index is 949. The molecule has 0 radical (unpaired) electrons. The van der Waals surface area contributed by atoms with Crippen LogP contribution in [0.3, 0.4) is 0 Å². The van der Waals surface area contributed by atoms with E-state index in [0.717, 1.165) is 12.1 Å². The van der Waals surface area contributed by atoms with E-state index in [0.29, 0.717) is 5.56 Å². The number of halogens is 5. The number of alkyl halides is 3. The lowest BCUT2D eigenvalue weighted by molar-refractivity contribution is -0.139. The van der Waals surface area contributed by atoms with E-state index in [1.807, 2.05) is 0 Å². The molecule has 0 fully saturated rings. The van der Waals surface area contributed by atoms with Crippen molar-refractivity contribution in [2.75, 3.05) is 6.54 Å². The molecule has 7 nitrogen and oxygen atoms in total. The molecule has 0 unspecified atom stereocenters. The van der Waals surface area contributed by atoms with Gasteiger partial charge >= 0.3 is 18.2 Å². The van der Waals surface area contributed by atoms with Crippen molar-refractivity contribution in [2.45, 2.75) is 18.8 Å². The van der Waals surface area contributed by atoms with Gasteiger partial charge in [-0.05, 0) is 29.8 Å². The molecule has 12 heteroatoms. The molecule has 0 bridgehead atoms. The Morgan fingerprint density at radius 2 is 1.55 bits per heavy atom. The Kier molecular flexibility index (Phi) is 8.12. The minimum atomic E-state index is -4.46. The molecule has 2 aromatic carbocycles. The number of hydrogen-bond donors (Lipinski definition) is 4. The summed E-state index contributed by atoms with van der Waals surface area (Å²) in [6.45, 7) is -0.564. The third-order valence-electron chi connectivity index (χ3n) is 3.99. The van der Waals surface area contributed by atoms with Crippen LogP contribution in [0, 0.1) is 0 Å². The number of carboxylic acid groups (broad SMARTS) is 1. The number of rotatable bonds is 7. The van der Waals surface area contributed by atoms with Crippen LogP contribution in [-0.4, -0.2) is 35.6 Å². The Balaban J connectivity index is 1.89. The molecule has 1 atom stereocenters. The van der Waals surface area contributed by atoms with Gasteiger partial charge in [0.25, 0.3) is 5.91 Å². The van der Waals surface area contributed by atoms with Crippen molar-refractivity contribution in [3.05, 3.63) is 69.2 Å². The number of carbonyl (C=O) groups excluding carboxylic acids is 2. The number of amides is 3. The molecule has 0 spiro atoms. The van der Waals surface area contributed by atoms with Crippen molar-refractivity contribution in [2.24, 2.45) is 0 Å². The SMILES string of the molecule is O=C(NCc1ccc(C(F)(F)F)cc1)NC[C@H](NC(=O)c1c(Cl)cccc1Cl)C(=O)O. The summed E-state index contributed by atoms with van der Waals surface area (Å²) in [6.07, 6.45) is -4.46. The molecule has 0 aliphatic rings. The second-order valence-electron chi connectivity index (χ2n) is 6.22. The predicted octanol–water partition coefficient (Wildman–Crippen LogP) is 3.69. The van der Waals surface area contributed by atoms with Gasteiger partial charge in [-0.25, -0.2) is 9.59 Å². The molecule has 166 valence electrons. The molecule has 0 aliphatic heterocycles. The topological polar surface area (TPSA) is 108 Å². The van der Waals surface area contributed by atoms with Gasteiger partial charge in [0.1, 0.15) is 6.04 Å². The lowest BCUT2D eigenvalue weighted by Crippen LogP contribution is -2.50. The Hall–Kier alpha value is -2.98. The number of aliphatic carboxylic acids is 1. The first kappa shape index (κ1) is 24.3. The third-order valence-corrected chi connectivity index (χ3v) is 4.62. The van der Waals surface area contributed by atoms with Crippen LogP contribution in [0.5, 0.6) is 0 Å². The normalized spacial score (nSPS) is 12.0. The number of urea groups is 1. The second kappa shape index (κ2) is 10.4. The van der Waals surface area contributed by atoms with Crippen LogP contribution in [0.25, 0.3) is 0 Å². The van der Waals surface area contributed by atoms with Crippen LogP contribution in [-0.2, 0) is 17.5 Å². The zero-order valence-electron chi connectivity index (χ0n) is 15.6. The van der Waals surface area contributed by atoms with E-state index >= 15 is 0 Å². The molecular weight excluding hydrogens is 462 g/mol. The van der Waals surface area contributed by atoms with E-state index < -0.39 is 42.2 Å². The van der Waals surface area contributed by atoms with Gasteiger partial charge in [-0.3, -0.25) is 4.79 Å². The average molecular weight is 478 g/mol. The first-order valence-corrected chi connectivity index (χ1v) is 9.40. The summed E-state index contributed by atoms with van der Waals surface area (Å²) >= 11 is 11.8. The summed E-state index contributed by atoms with van der Waals surface area (Å²) in [7, 11) is 0. The number of carboxylic acids is 1. The Morgan fingerprint density at radius 1 is 0.968 bits per heavy atom. The standard InChI is InChI=1S/C19H16Cl2F3N3O4/c20-12-2-1-3-13(21)15(12)16(28)27-14(17(29)30)9-26-18(31)25-8-10-4-6-11(7-5-10)19(22,23)24/h1-7,14H,8-9H2,(H,27,28)(H,29,30)(H2,25,26,31)/t14-/m0/s1. The van der Waals surface area contributed by atoms with Crippen molar-refractivity contribution in [3.63, 3.8) is 0 Å². The van der Waals surface area contributed by atoms with Gasteiger partial charge in [-0.15, -0.1) is 0 Å². The van der Waals surface area contributed by atoms with E-state index in [9.17, 15) is 32.7 Å². The quantitative estimate of drug-likeness (QED) is 0.487. The molecule has 0 saturated heterocycles. The highest BCUT2D eigenvalue weighted by Gasteiger charge is 2.30. The number of carbonyl (C=O) groups is 3. The zero-order chi connectivity index (χ0) is 23.2. The largest absolute Gasteiger partial charge is 0.480 e. The van der Waals surface area contributed by atoms with Crippen molar-refractivity contribution in [3.8, 4) is 0 Å². The molecule has 0 saturated carbocycles. The smallest absolute Gasteiger partial charge is 0.416 e. The summed E-state index contributed by atoms with van der Waals surface area (Å²) in [4.78, 5) is 35.6. The molecule has 3 amide bonds. The maximum Gasteiger partial charge on any atom is 0.416 e. The van der Waals surface area contributed by atoms with E-state index in [4.69, 9.17) is 23.2 Å². The van der Waals surface area contributed by atoms with Crippen LogP contribution >= 0.6 is 23.2 Å². The van der Waals surface area contributed by atoms with Gasteiger partial charge in [0.05, 0.1) is 27.7 Å². The van der Waals surface area contributed by atoms with Crippen molar-refractivity contribution < 1.29 is 32.7 Å². The Morgan fingerprint density at radius 3 is 2.06 bits per heavy atom. The van der Waals surface area contributed by atoms with Crippen molar-refractivity contribution in [1.29, 1.82) is 0 Å². The summed E-state index contributed by atoms with van der Waals surface area (Å²) in [5, 5.41) is 16.2.